The van der Waals surface area contributed by atoms with E-state index in [2.05, 4.69) is 98.7 Å². The maximum atomic E-state index is 10.7. The van der Waals surface area contributed by atoms with Crippen molar-refractivity contribution in [1.82, 2.24) is 0 Å². The molecule has 1 aliphatic heterocycles. The molecule has 0 spiro atoms. The highest BCUT2D eigenvalue weighted by Crippen LogP contribution is 2.44. The summed E-state index contributed by atoms with van der Waals surface area (Å²) in [5.41, 5.74) is 5.70. The number of benzene rings is 3. The Balaban J connectivity index is 1.76. The Hall–Kier alpha value is -3.07. The lowest BCUT2D eigenvalue weighted by molar-refractivity contribution is -0.433. The number of phenols is 1. The van der Waals surface area contributed by atoms with Gasteiger partial charge < -0.3 is 10.0 Å². The largest absolute Gasteiger partial charge is 0.507 e. The van der Waals surface area contributed by atoms with Crippen LogP contribution in [-0.2, 0) is 5.41 Å². The third-order valence-electron chi connectivity index (χ3n) is 6.63. The fourth-order valence-corrected chi connectivity index (χ4v) is 5.00. The summed E-state index contributed by atoms with van der Waals surface area (Å²) in [5.74, 6) is 0.322. The van der Waals surface area contributed by atoms with Gasteiger partial charge in [0.2, 0.25) is 5.69 Å². The lowest BCUT2D eigenvalue weighted by Gasteiger charge is -2.21. The molecule has 160 valence electrons. The van der Waals surface area contributed by atoms with E-state index in [9.17, 15) is 5.11 Å². The van der Waals surface area contributed by atoms with Gasteiger partial charge in [-0.25, -0.2) is 0 Å². The Morgan fingerprint density at radius 2 is 1.68 bits per heavy atom. The summed E-state index contributed by atoms with van der Waals surface area (Å²) in [6.45, 7) is 13.8. The van der Waals surface area contributed by atoms with Gasteiger partial charge in [-0.15, -0.1) is 0 Å². The molecule has 1 aliphatic rings. The highest BCUT2D eigenvalue weighted by Gasteiger charge is 2.44. The molecule has 0 radical (unpaired) electrons. The van der Waals surface area contributed by atoms with Crippen molar-refractivity contribution in [2.45, 2.75) is 40.0 Å². The van der Waals surface area contributed by atoms with Gasteiger partial charge in [0.05, 0.1) is 5.41 Å². The van der Waals surface area contributed by atoms with Gasteiger partial charge in [0, 0.05) is 48.1 Å². The Morgan fingerprint density at radius 1 is 0.935 bits per heavy atom. The van der Waals surface area contributed by atoms with E-state index >= 15 is 0 Å². The van der Waals surface area contributed by atoms with E-state index in [0.717, 1.165) is 30.9 Å². The van der Waals surface area contributed by atoms with Gasteiger partial charge in [0.1, 0.15) is 12.3 Å². The number of phenolic OH excluding ortho intramolecular Hbond substituents is 1. The lowest BCUT2D eigenvalue weighted by atomic mass is 9.79. The molecule has 0 saturated heterocycles. The van der Waals surface area contributed by atoms with Gasteiger partial charge in [0.15, 0.2) is 5.71 Å². The minimum absolute atomic E-state index is 0.126. The first-order chi connectivity index (χ1) is 14.9. The number of rotatable bonds is 6. The molecule has 0 bridgehead atoms. The Kier molecular flexibility index (Phi) is 5.62. The van der Waals surface area contributed by atoms with Crippen LogP contribution >= 0.6 is 0 Å². The molecule has 3 heteroatoms. The summed E-state index contributed by atoms with van der Waals surface area (Å²) in [7, 11) is 0. The van der Waals surface area contributed by atoms with E-state index in [-0.39, 0.29) is 5.41 Å². The normalized spacial score (nSPS) is 15.1. The third kappa shape index (κ3) is 3.52. The number of allylic oxidation sites excluding steroid dienone is 1. The number of anilines is 1. The van der Waals surface area contributed by atoms with E-state index in [1.807, 2.05) is 12.1 Å². The number of hydrogen-bond acceptors (Lipinski definition) is 2. The van der Waals surface area contributed by atoms with Crippen molar-refractivity contribution in [2.75, 3.05) is 24.5 Å². The minimum Gasteiger partial charge on any atom is -0.507 e. The predicted molar refractivity (Wildman–Crippen MR) is 133 cm³/mol. The van der Waals surface area contributed by atoms with Crippen LogP contribution in [0.15, 0.2) is 60.7 Å². The molecule has 4 rings (SSSR count). The highest BCUT2D eigenvalue weighted by molar-refractivity contribution is 6.09. The van der Waals surface area contributed by atoms with E-state index in [1.54, 1.807) is 0 Å². The van der Waals surface area contributed by atoms with Crippen LogP contribution in [0.5, 0.6) is 5.75 Å². The standard InChI is InChI=1S/C28H32N2O/c1-6-29(7-2)22-16-13-21(25(31)19-22)15-18-26-28(4,5)27-23-12-10-9-11-20(23)14-17-24(27)30(26)8-3/h9-19H,6-8H2,1-5H3/p+1. The molecule has 0 aliphatic carbocycles. The topological polar surface area (TPSA) is 26.5 Å². The van der Waals surface area contributed by atoms with Crippen molar-refractivity contribution in [3.63, 3.8) is 0 Å². The van der Waals surface area contributed by atoms with Crippen LogP contribution in [0, 0.1) is 0 Å². The molecule has 3 nitrogen and oxygen atoms in total. The van der Waals surface area contributed by atoms with Crippen molar-refractivity contribution < 1.29 is 9.68 Å². The molecule has 3 aromatic carbocycles. The molecule has 0 atom stereocenters. The van der Waals surface area contributed by atoms with Gasteiger partial charge in [-0.2, -0.15) is 4.58 Å². The van der Waals surface area contributed by atoms with Gasteiger partial charge >= 0.3 is 0 Å². The van der Waals surface area contributed by atoms with Crippen LogP contribution in [-0.4, -0.2) is 35.0 Å². The van der Waals surface area contributed by atoms with E-state index < -0.39 is 0 Å². The monoisotopic (exact) mass is 413 g/mol. The second-order valence-electron chi connectivity index (χ2n) is 8.68. The van der Waals surface area contributed by atoms with E-state index in [4.69, 9.17) is 0 Å². The maximum absolute atomic E-state index is 10.7. The number of nitrogens with zero attached hydrogens (tertiary/aromatic N) is 2. The molecule has 3 aromatic rings. The molecule has 0 saturated carbocycles. The quantitative estimate of drug-likeness (QED) is 0.467. The first-order valence-corrected chi connectivity index (χ1v) is 11.4. The maximum Gasteiger partial charge on any atom is 0.210 e. The smallest absolute Gasteiger partial charge is 0.210 e. The molecule has 1 N–H and O–H groups in total. The van der Waals surface area contributed by atoms with Crippen LogP contribution < -0.4 is 4.90 Å². The molecule has 31 heavy (non-hydrogen) atoms. The van der Waals surface area contributed by atoms with Gasteiger partial charge in [-0.3, -0.25) is 0 Å². The molecule has 0 fully saturated rings. The first kappa shape index (κ1) is 21.2. The second kappa shape index (κ2) is 8.22. The average Bonchev–Trinajstić information content (AvgIpc) is 3.00. The average molecular weight is 414 g/mol. The SMILES string of the molecule is CCN(CC)c1ccc(C=CC2=[N+](CC)c3ccc4ccccc4c3C2(C)C)c(O)c1. The molecule has 1 heterocycles. The van der Waals surface area contributed by atoms with Crippen molar-refractivity contribution in [2.24, 2.45) is 0 Å². The molecular weight excluding hydrogens is 380 g/mol. The van der Waals surface area contributed by atoms with E-state index in [1.165, 1.54) is 27.7 Å². The van der Waals surface area contributed by atoms with Crippen LogP contribution in [0.4, 0.5) is 11.4 Å². The highest BCUT2D eigenvalue weighted by atomic mass is 16.3. The fraction of sp³-hybridized carbons (Fsp3) is 0.321. The Labute approximate surface area is 186 Å². The van der Waals surface area contributed by atoms with Crippen LogP contribution in [0.2, 0.25) is 0 Å². The summed E-state index contributed by atoms with van der Waals surface area (Å²) in [6, 6.07) is 19.1. The zero-order chi connectivity index (χ0) is 22.2. The van der Waals surface area contributed by atoms with Gasteiger partial charge in [0.25, 0.3) is 0 Å². The Morgan fingerprint density at radius 3 is 2.35 bits per heavy atom. The molecule has 0 aromatic heterocycles. The summed E-state index contributed by atoms with van der Waals surface area (Å²) in [4.78, 5) is 2.24. The third-order valence-corrected chi connectivity index (χ3v) is 6.63. The zero-order valence-corrected chi connectivity index (χ0v) is 19.3. The summed E-state index contributed by atoms with van der Waals surface area (Å²) in [5, 5.41) is 13.3. The summed E-state index contributed by atoms with van der Waals surface area (Å²) >= 11 is 0. The second-order valence-corrected chi connectivity index (χ2v) is 8.68. The summed E-state index contributed by atoms with van der Waals surface area (Å²) in [6.07, 6.45) is 4.24. The number of aromatic hydroxyl groups is 1. The predicted octanol–water partition coefficient (Wildman–Crippen LogP) is 6.50. The molecular formula is C28H33N2O+. The van der Waals surface area contributed by atoms with Crippen LogP contribution in [0.25, 0.3) is 16.8 Å². The summed E-state index contributed by atoms with van der Waals surface area (Å²) < 4.78 is 2.40. The minimum atomic E-state index is -0.126. The van der Waals surface area contributed by atoms with Crippen molar-refractivity contribution in [3.05, 3.63) is 71.8 Å². The van der Waals surface area contributed by atoms with Crippen molar-refractivity contribution in [3.8, 4) is 5.75 Å². The number of fused-ring (bicyclic) bond motifs is 3. The lowest BCUT2D eigenvalue weighted by Crippen LogP contribution is -2.27. The molecule has 0 amide bonds. The van der Waals surface area contributed by atoms with Crippen LogP contribution in [0.1, 0.15) is 45.7 Å². The Bertz CT molecular complexity index is 1180. The molecule has 0 unspecified atom stereocenters. The van der Waals surface area contributed by atoms with Crippen molar-refractivity contribution >= 4 is 33.9 Å². The van der Waals surface area contributed by atoms with Crippen molar-refractivity contribution in [1.29, 1.82) is 0 Å². The number of hydrogen-bond donors (Lipinski definition) is 1. The fourth-order valence-electron chi connectivity index (χ4n) is 5.00. The van der Waals surface area contributed by atoms with Gasteiger partial charge in [-0.05, 0) is 69.7 Å². The van der Waals surface area contributed by atoms with Crippen LogP contribution in [0.3, 0.4) is 0 Å². The van der Waals surface area contributed by atoms with Gasteiger partial charge in [-0.1, -0.05) is 24.3 Å². The zero-order valence-electron chi connectivity index (χ0n) is 19.3. The van der Waals surface area contributed by atoms with E-state index in [0.29, 0.717) is 5.75 Å². The first-order valence-electron chi connectivity index (χ1n) is 11.4.